The molecular weight excluding hydrogens is 278 g/mol. The number of rotatable bonds is 4. The number of hydrogen-bond acceptors (Lipinski definition) is 2. The van der Waals surface area contributed by atoms with Crippen LogP contribution >= 0.6 is 15.9 Å². The normalized spacial score (nSPS) is 25.1. The van der Waals surface area contributed by atoms with Gasteiger partial charge in [0.05, 0.1) is 0 Å². The lowest BCUT2D eigenvalue weighted by Crippen LogP contribution is -2.26. The molecule has 0 bridgehead atoms. The molecule has 2 atom stereocenters. The molecule has 2 rings (SSSR count). The standard InChI is InChI=1S/C14H20BrNO/c1-11-9-16(10-12(11)2)6-7-17-14-5-3-4-13(15)8-14/h3-5,8,11-12H,6-7,9-10H2,1-2H3. The van der Waals surface area contributed by atoms with Crippen LogP contribution in [0, 0.1) is 11.8 Å². The Morgan fingerprint density at radius 1 is 1.29 bits per heavy atom. The van der Waals surface area contributed by atoms with Crippen LogP contribution in [0.4, 0.5) is 0 Å². The molecule has 0 saturated carbocycles. The topological polar surface area (TPSA) is 12.5 Å². The van der Waals surface area contributed by atoms with Crippen molar-refractivity contribution in [2.75, 3.05) is 26.2 Å². The highest BCUT2D eigenvalue weighted by Crippen LogP contribution is 2.22. The van der Waals surface area contributed by atoms with Crippen LogP contribution in [-0.4, -0.2) is 31.1 Å². The first-order chi connectivity index (χ1) is 8.15. The second-order valence-electron chi connectivity index (χ2n) is 5.02. The average Bonchev–Trinajstić information content (AvgIpc) is 2.58. The summed E-state index contributed by atoms with van der Waals surface area (Å²) in [5.41, 5.74) is 0. The van der Waals surface area contributed by atoms with Gasteiger partial charge in [0, 0.05) is 24.1 Å². The smallest absolute Gasteiger partial charge is 0.120 e. The molecule has 0 amide bonds. The number of nitrogens with zero attached hydrogens (tertiary/aromatic N) is 1. The van der Waals surface area contributed by atoms with E-state index in [4.69, 9.17) is 4.74 Å². The van der Waals surface area contributed by atoms with E-state index in [1.54, 1.807) is 0 Å². The van der Waals surface area contributed by atoms with Gasteiger partial charge in [0.1, 0.15) is 12.4 Å². The Hall–Kier alpha value is -0.540. The predicted octanol–water partition coefficient (Wildman–Crippen LogP) is 3.42. The number of ether oxygens (including phenoxy) is 1. The van der Waals surface area contributed by atoms with Crippen molar-refractivity contribution in [3.05, 3.63) is 28.7 Å². The summed E-state index contributed by atoms with van der Waals surface area (Å²) in [5, 5.41) is 0. The first-order valence-corrected chi connectivity index (χ1v) is 7.05. The van der Waals surface area contributed by atoms with Crippen LogP contribution in [0.1, 0.15) is 13.8 Å². The van der Waals surface area contributed by atoms with Crippen LogP contribution in [0.2, 0.25) is 0 Å². The van der Waals surface area contributed by atoms with E-state index in [2.05, 4.69) is 34.7 Å². The molecule has 1 heterocycles. The number of halogens is 1. The van der Waals surface area contributed by atoms with Crippen LogP contribution in [0.25, 0.3) is 0 Å². The summed E-state index contributed by atoms with van der Waals surface area (Å²) in [4.78, 5) is 2.49. The summed E-state index contributed by atoms with van der Waals surface area (Å²) in [7, 11) is 0. The first kappa shape index (κ1) is 12.9. The Morgan fingerprint density at radius 2 is 2.00 bits per heavy atom. The minimum Gasteiger partial charge on any atom is -0.492 e. The summed E-state index contributed by atoms with van der Waals surface area (Å²) in [5.74, 6) is 2.58. The van der Waals surface area contributed by atoms with Gasteiger partial charge in [-0.25, -0.2) is 0 Å². The van der Waals surface area contributed by atoms with Crippen molar-refractivity contribution in [1.82, 2.24) is 4.90 Å². The third-order valence-electron chi connectivity index (χ3n) is 3.54. The summed E-state index contributed by atoms with van der Waals surface area (Å²) < 4.78 is 6.82. The van der Waals surface area contributed by atoms with Crippen molar-refractivity contribution >= 4 is 15.9 Å². The lowest BCUT2D eigenvalue weighted by molar-refractivity contribution is 0.232. The van der Waals surface area contributed by atoms with Gasteiger partial charge >= 0.3 is 0 Å². The van der Waals surface area contributed by atoms with Gasteiger partial charge in [-0.15, -0.1) is 0 Å². The Kier molecular flexibility index (Phi) is 4.46. The highest BCUT2D eigenvalue weighted by Gasteiger charge is 2.25. The van der Waals surface area contributed by atoms with Crippen LogP contribution < -0.4 is 4.74 Å². The number of benzene rings is 1. The number of likely N-dealkylation sites (tertiary alicyclic amines) is 1. The molecule has 2 unspecified atom stereocenters. The van der Waals surface area contributed by atoms with Gasteiger partial charge in [-0.2, -0.15) is 0 Å². The molecule has 0 spiro atoms. The van der Waals surface area contributed by atoms with Gasteiger partial charge < -0.3 is 4.74 Å². The number of hydrogen-bond donors (Lipinski definition) is 0. The molecule has 1 fully saturated rings. The Balaban J connectivity index is 1.73. The minimum atomic E-state index is 0.774. The van der Waals surface area contributed by atoms with Gasteiger partial charge in [0.2, 0.25) is 0 Å². The molecule has 1 aromatic carbocycles. The summed E-state index contributed by atoms with van der Waals surface area (Å²) >= 11 is 3.45. The molecule has 17 heavy (non-hydrogen) atoms. The lowest BCUT2D eigenvalue weighted by atomic mass is 10.0. The monoisotopic (exact) mass is 297 g/mol. The quantitative estimate of drug-likeness (QED) is 0.844. The van der Waals surface area contributed by atoms with E-state index < -0.39 is 0 Å². The van der Waals surface area contributed by atoms with E-state index in [0.29, 0.717) is 0 Å². The zero-order valence-electron chi connectivity index (χ0n) is 10.5. The van der Waals surface area contributed by atoms with Gasteiger partial charge in [-0.05, 0) is 30.0 Å². The zero-order chi connectivity index (χ0) is 12.3. The molecule has 3 heteroatoms. The fraction of sp³-hybridized carbons (Fsp3) is 0.571. The van der Waals surface area contributed by atoms with Gasteiger partial charge in [-0.3, -0.25) is 4.90 Å². The highest BCUT2D eigenvalue weighted by molar-refractivity contribution is 9.10. The van der Waals surface area contributed by atoms with E-state index in [0.717, 1.165) is 35.2 Å². The van der Waals surface area contributed by atoms with E-state index in [-0.39, 0.29) is 0 Å². The molecule has 1 aliphatic rings. The molecule has 1 aliphatic heterocycles. The van der Waals surface area contributed by atoms with Crippen molar-refractivity contribution < 1.29 is 4.74 Å². The molecule has 1 aromatic rings. The second kappa shape index (κ2) is 5.87. The van der Waals surface area contributed by atoms with E-state index in [1.165, 1.54) is 13.1 Å². The molecule has 0 N–H and O–H groups in total. The van der Waals surface area contributed by atoms with Crippen molar-refractivity contribution in [2.24, 2.45) is 11.8 Å². The van der Waals surface area contributed by atoms with Gasteiger partial charge in [0.25, 0.3) is 0 Å². The third-order valence-corrected chi connectivity index (χ3v) is 4.03. The van der Waals surface area contributed by atoms with Crippen LogP contribution in [-0.2, 0) is 0 Å². The molecule has 1 saturated heterocycles. The van der Waals surface area contributed by atoms with E-state index in [1.807, 2.05) is 24.3 Å². The fourth-order valence-electron chi connectivity index (χ4n) is 2.28. The maximum absolute atomic E-state index is 5.75. The Bertz CT molecular complexity index is 359. The van der Waals surface area contributed by atoms with Crippen molar-refractivity contribution in [1.29, 1.82) is 0 Å². The maximum atomic E-state index is 5.75. The second-order valence-corrected chi connectivity index (χ2v) is 5.94. The molecule has 0 radical (unpaired) electrons. The van der Waals surface area contributed by atoms with Crippen LogP contribution in [0.5, 0.6) is 5.75 Å². The molecule has 0 aliphatic carbocycles. The van der Waals surface area contributed by atoms with Crippen molar-refractivity contribution in [2.45, 2.75) is 13.8 Å². The zero-order valence-corrected chi connectivity index (χ0v) is 12.1. The van der Waals surface area contributed by atoms with Gasteiger partial charge in [-0.1, -0.05) is 35.8 Å². The van der Waals surface area contributed by atoms with Crippen LogP contribution in [0.15, 0.2) is 28.7 Å². The predicted molar refractivity (Wildman–Crippen MR) is 74.4 cm³/mol. The first-order valence-electron chi connectivity index (χ1n) is 6.26. The van der Waals surface area contributed by atoms with E-state index >= 15 is 0 Å². The lowest BCUT2D eigenvalue weighted by Gasteiger charge is -2.15. The molecule has 2 nitrogen and oxygen atoms in total. The fourth-order valence-corrected chi connectivity index (χ4v) is 2.66. The molecule has 94 valence electrons. The SMILES string of the molecule is CC1CN(CCOc2cccc(Br)c2)CC1C. The third kappa shape index (κ3) is 3.71. The summed E-state index contributed by atoms with van der Waals surface area (Å²) in [6.45, 7) is 8.89. The minimum absolute atomic E-state index is 0.774. The highest BCUT2D eigenvalue weighted by atomic mass is 79.9. The summed E-state index contributed by atoms with van der Waals surface area (Å²) in [6.07, 6.45) is 0. The average molecular weight is 298 g/mol. The molecular formula is C14H20BrNO. The van der Waals surface area contributed by atoms with Crippen LogP contribution in [0.3, 0.4) is 0 Å². The Labute approximate surface area is 112 Å². The largest absolute Gasteiger partial charge is 0.492 e. The molecule has 0 aromatic heterocycles. The van der Waals surface area contributed by atoms with Crippen molar-refractivity contribution in [3.8, 4) is 5.75 Å². The maximum Gasteiger partial charge on any atom is 0.120 e. The summed E-state index contributed by atoms with van der Waals surface area (Å²) in [6, 6.07) is 8.02. The van der Waals surface area contributed by atoms with Gasteiger partial charge in [0.15, 0.2) is 0 Å². The Morgan fingerprint density at radius 3 is 2.65 bits per heavy atom. The van der Waals surface area contributed by atoms with E-state index in [9.17, 15) is 0 Å². The van der Waals surface area contributed by atoms with Crippen molar-refractivity contribution in [3.63, 3.8) is 0 Å².